The molecule has 0 N–H and O–H groups in total. The van der Waals surface area contributed by atoms with Gasteiger partial charge in [0.15, 0.2) is 0 Å². The maximum atomic E-state index is 5.75. The smallest absolute Gasteiger partial charge is 0.0750 e. The number of hydrogen-bond donors (Lipinski definition) is 0. The first-order chi connectivity index (χ1) is 11.2. The number of rotatable bonds is 8. The van der Waals surface area contributed by atoms with Crippen molar-refractivity contribution in [2.45, 2.75) is 46.1 Å². The standard InChI is InChI=1S/C21H29NO/c1-5-6-12-20(23-4)16-22(19-10-8-7-9-11-19)21-14-13-17(2)15-18(21)3/h7-11,13-15,20H,5-6,12,16H2,1-4H3. The Bertz CT molecular complexity index is 594. The van der Waals surface area contributed by atoms with Gasteiger partial charge in [-0.2, -0.15) is 0 Å². The Morgan fingerprint density at radius 2 is 1.78 bits per heavy atom. The number of benzene rings is 2. The van der Waals surface area contributed by atoms with Crippen LogP contribution in [0.5, 0.6) is 0 Å². The normalized spacial score (nSPS) is 12.2. The first kappa shape index (κ1) is 17.6. The summed E-state index contributed by atoms with van der Waals surface area (Å²) in [4.78, 5) is 2.39. The number of unbranched alkanes of at least 4 members (excludes halogenated alkanes) is 1. The molecular formula is C21H29NO. The van der Waals surface area contributed by atoms with E-state index in [4.69, 9.17) is 4.74 Å². The van der Waals surface area contributed by atoms with E-state index < -0.39 is 0 Å². The molecule has 0 fully saturated rings. The van der Waals surface area contributed by atoms with Gasteiger partial charge in [0, 0.05) is 25.0 Å². The lowest BCUT2D eigenvalue weighted by atomic mass is 10.1. The summed E-state index contributed by atoms with van der Waals surface area (Å²) in [7, 11) is 1.82. The van der Waals surface area contributed by atoms with Gasteiger partial charge in [0.25, 0.3) is 0 Å². The molecule has 2 heteroatoms. The average Bonchev–Trinajstić information content (AvgIpc) is 2.57. The number of aryl methyl sites for hydroxylation is 2. The number of para-hydroxylation sites is 1. The molecule has 0 heterocycles. The van der Waals surface area contributed by atoms with Gasteiger partial charge in [-0.05, 0) is 44.0 Å². The molecule has 0 saturated carbocycles. The van der Waals surface area contributed by atoms with Gasteiger partial charge in [-0.25, -0.2) is 0 Å². The van der Waals surface area contributed by atoms with Crippen LogP contribution in [0.1, 0.15) is 37.3 Å². The van der Waals surface area contributed by atoms with Crippen LogP contribution in [0.4, 0.5) is 11.4 Å². The summed E-state index contributed by atoms with van der Waals surface area (Å²) >= 11 is 0. The first-order valence-electron chi connectivity index (χ1n) is 8.58. The van der Waals surface area contributed by atoms with Gasteiger partial charge in [0.05, 0.1) is 6.10 Å². The zero-order valence-corrected chi connectivity index (χ0v) is 14.9. The van der Waals surface area contributed by atoms with Gasteiger partial charge in [-0.15, -0.1) is 0 Å². The van der Waals surface area contributed by atoms with Crippen LogP contribution in [0, 0.1) is 13.8 Å². The lowest BCUT2D eigenvalue weighted by Crippen LogP contribution is -2.30. The Kier molecular flexibility index (Phi) is 6.66. The van der Waals surface area contributed by atoms with Gasteiger partial charge in [0.1, 0.15) is 0 Å². The van der Waals surface area contributed by atoms with Crippen LogP contribution < -0.4 is 4.90 Å². The van der Waals surface area contributed by atoms with E-state index in [1.165, 1.54) is 35.3 Å². The summed E-state index contributed by atoms with van der Waals surface area (Å²) in [5.74, 6) is 0. The highest BCUT2D eigenvalue weighted by Crippen LogP contribution is 2.29. The second-order valence-electron chi connectivity index (χ2n) is 6.24. The SMILES string of the molecule is CCCCC(CN(c1ccccc1)c1ccc(C)cc1C)OC. The molecule has 23 heavy (non-hydrogen) atoms. The number of methoxy groups -OCH3 is 1. The topological polar surface area (TPSA) is 12.5 Å². The van der Waals surface area contributed by atoms with E-state index in [9.17, 15) is 0 Å². The van der Waals surface area contributed by atoms with Crippen LogP contribution in [0.2, 0.25) is 0 Å². The van der Waals surface area contributed by atoms with Crippen LogP contribution in [0.25, 0.3) is 0 Å². The molecule has 2 nitrogen and oxygen atoms in total. The number of hydrogen-bond acceptors (Lipinski definition) is 2. The predicted octanol–water partition coefficient (Wildman–Crippen LogP) is 5.65. The van der Waals surface area contributed by atoms with E-state index in [1.807, 2.05) is 7.11 Å². The molecule has 2 aromatic carbocycles. The van der Waals surface area contributed by atoms with Crippen molar-refractivity contribution in [3.8, 4) is 0 Å². The van der Waals surface area contributed by atoms with Gasteiger partial charge in [-0.3, -0.25) is 0 Å². The monoisotopic (exact) mass is 311 g/mol. The molecule has 2 rings (SSSR count). The van der Waals surface area contributed by atoms with E-state index in [2.05, 4.69) is 74.2 Å². The van der Waals surface area contributed by atoms with Crippen LogP contribution in [-0.4, -0.2) is 19.8 Å². The van der Waals surface area contributed by atoms with Crippen LogP contribution in [-0.2, 0) is 4.74 Å². The van der Waals surface area contributed by atoms with Crippen molar-refractivity contribution in [3.63, 3.8) is 0 Å². The van der Waals surface area contributed by atoms with E-state index in [0.717, 1.165) is 13.0 Å². The first-order valence-corrected chi connectivity index (χ1v) is 8.58. The highest BCUT2D eigenvalue weighted by atomic mass is 16.5. The molecule has 0 aliphatic carbocycles. The third-order valence-corrected chi connectivity index (χ3v) is 4.31. The zero-order valence-electron chi connectivity index (χ0n) is 14.9. The van der Waals surface area contributed by atoms with Crippen molar-refractivity contribution in [3.05, 3.63) is 59.7 Å². The van der Waals surface area contributed by atoms with Crippen molar-refractivity contribution < 1.29 is 4.74 Å². The van der Waals surface area contributed by atoms with Gasteiger partial charge in [0.2, 0.25) is 0 Å². The molecule has 0 aliphatic heterocycles. The van der Waals surface area contributed by atoms with Gasteiger partial charge < -0.3 is 9.64 Å². The summed E-state index contributed by atoms with van der Waals surface area (Å²) in [6.45, 7) is 7.44. The molecule has 2 aromatic rings. The maximum Gasteiger partial charge on any atom is 0.0750 e. The molecule has 0 spiro atoms. The predicted molar refractivity (Wildman–Crippen MR) is 99.7 cm³/mol. The quantitative estimate of drug-likeness (QED) is 0.625. The fraction of sp³-hybridized carbons (Fsp3) is 0.429. The highest BCUT2D eigenvalue weighted by Gasteiger charge is 2.17. The molecule has 124 valence electrons. The minimum Gasteiger partial charge on any atom is -0.380 e. The average molecular weight is 311 g/mol. The minimum atomic E-state index is 0.246. The molecule has 1 unspecified atom stereocenters. The fourth-order valence-corrected chi connectivity index (χ4v) is 2.98. The minimum absolute atomic E-state index is 0.246. The Morgan fingerprint density at radius 3 is 2.39 bits per heavy atom. The van der Waals surface area contributed by atoms with Gasteiger partial charge >= 0.3 is 0 Å². The Morgan fingerprint density at radius 1 is 1.04 bits per heavy atom. The van der Waals surface area contributed by atoms with E-state index in [0.29, 0.717) is 0 Å². The number of ether oxygens (including phenoxy) is 1. The summed E-state index contributed by atoms with van der Waals surface area (Å²) in [5, 5.41) is 0. The Labute approximate surface area is 141 Å². The number of nitrogens with zero attached hydrogens (tertiary/aromatic N) is 1. The summed E-state index contributed by atoms with van der Waals surface area (Å²) in [6, 6.07) is 17.3. The van der Waals surface area contributed by atoms with Crippen molar-refractivity contribution in [2.75, 3.05) is 18.6 Å². The van der Waals surface area contributed by atoms with E-state index in [-0.39, 0.29) is 6.10 Å². The van der Waals surface area contributed by atoms with Crippen LogP contribution >= 0.6 is 0 Å². The van der Waals surface area contributed by atoms with E-state index in [1.54, 1.807) is 0 Å². The maximum absolute atomic E-state index is 5.75. The van der Waals surface area contributed by atoms with Crippen molar-refractivity contribution >= 4 is 11.4 Å². The lowest BCUT2D eigenvalue weighted by molar-refractivity contribution is 0.100. The van der Waals surface area contributed by atoms with E-state index >= 15 is 0 Å². The fourth-order valence-electron chi connectivity index (χ4n) is 2.98. The molecule has 0 saturated heterocycles. The largest absolute Gasteiger partial charge is 0.380 e. The molecule has 0 aromatic heterocycles. The Hall–Kier alpha value is -1.80. The van der Waals surface area contributed by atoms with Crippen LogP contribution in [0.3, 0.4) is 0 Å². The van der Waals surface area contributed by atoms with Crippen molar-refractivity contribution in [1.29, 1.82) is 0 Å². The highest BCUT2D eigenvalue weighted by molar-refractivity contribution is 5.66. The zero-order chi connectivity index (χ0) is 16.7. The summed E-state index contributed by atoms with van der Waals surface area (Å²) in [6.07, 6.45) is 3.75. The summed E-state index contributed by atoms with van der Waals surface area (Å²) in [5.41, 5.74) is 5.09. The summed E-state index contributed by atoms with van der Waals surface area (Å²) < 4.78 is 5.75. The third-order valence-electron chi connectivity index (χ3n) is 4.31. The number of anilines is 2. The van der Waals surface area contributed by atoms with Crippen molar-refractivity contribution in [1.82, 2.24) is 0 Å². The third kappa shape index (κ3) is 4.84. The molecule has 0 aliphatic rings. The Balaban J connectivity index is 2.32. The molecule has 0 radical (unpaired) electrons. The molecular weight excluding hydrogens is 282 g/mol. The second kappa shape index (κ2) is 8.73. The molecule has 1 atom stereocenters. The van der Waals surface area contributed by atoms with Crippen LogP contribution in [0.15, 0.2) is 48.5 Å². The molecule has 0 bridgehead atoms. The second-order valence-corrected chi connectivity index (χ2v) is 6.24. The van der Waals surface area contributed by atoms with Gasteiger partial charge in [-0.1, -0.05) is 55.7 Å². The lowest BCUT2D eigenvalue weighted by Gasteiger charge is -2.30. The van der Waals surface area contributed by atoms with Crippen molar-refractivity contribution in [2.24, 2.45) is 0 Å². The molecule has 0 amide bonds.